The number of carbonyl (C=O) groups excluding carboxylic acids is 2. The molecule has 0 bridgehead atoms. The summed E-state index contributed by atoms with van der Waals surface area (Å²) in [6, 6.07) is 9.85. The quantitative estimate of drug-likeness (QED) is 0.812. The van der Waals surface area contributed by atoms with Crippen molar-refractivity contribution in [1.29, 1.82) is 0 Å². The SMILES string of the molecule is CC1(C2CCN(Cc3cnc(-c4ccccc4)s3)CC2)NC(=O)NC1=O. The average molecular weight is 370 g/mol. The van der Waals surface area contributed by atoms with Crippen molar-refractivity contribution in [2.75, 3.05) is 13.1 Å². The highest BCUT2D eigenvalue weighted by Crippen LogP contribution is 2.32. The molecule has 2 aliphatic rings. The van der Waals surface area contributed by atoms with Gasteiger partial charge in [-0.15, -0.1) is 11.3 Å². The molecule has 2 saturated heterocycles. The molecule has 6 nitrogen and oxygen atoms in total. The molecule has 1 aromatic heterocycles. The summed E-state index contributed by atoms with van der Waals surface area (Å²) in [7, 11) is 0. The lowest BCUT2D eigenvalue weighted by molar-refractivity contribution is -0.125. The molecule has 3 amide bonds. The maximum absolute atomic E-state index is 12.1. The molecule has 2 N–H and O–H groups in total. The van der Waals surface area contributed by atoms with Gasteiger partial charge in [0.2, 0.25) is 0 Å². The minimum Gasteiger partial charge on any atom is -0.323 e. The Morgan fingerprint density at radius 1 is 1.23 bits per heavy atom. The van der Waals surface area contributed by atoms with Crippen molar-refractivity contribution in [3.63, 3.8) is 0 Å². The molecule has 26 heavy (non-hydrogen) atoms. The fraction of sp³-hybridized carbons (Fsp3) is 0.421. The minimum absolute atomic E-state index is 0.173. The number of hydrogen-bond acceptors (Lipinski definition) is 5. The highest BCUT2D eigenvalue weighted by molar-refractivity contribution is 7.15. The molecule has 0 saturated carbocycles. The summed E-state index contributed by atoms with van der Waals surface area (Å²) in [5.74, 6) is -0.0255. The maximum Gasteiger partial charge on any atom is 0.322 e. The van der Waals surface area contributed by atoms with Gasteiger partial charge in [0.25, 0.3) is 5.91 Å². The van der Waals surface area contributed by atoms with Crippen molar-refractivity contribution in [3.8, 4) is 10.6 Å². The van der Waals surface area contributed by atoms with Gasteiger partial charge in [-0.25, -0.2) is 9.78 Å². The van der Waals surface area contributed by atoms with Gasteiger partial charge in [0.15, 0.2) is 0 Å². The van der Waals surface area contributed by atoms with Crippen LogP contribution in [0.2, 0.25) is 0 Å². The van der Waals surface area contributed by atoms with Gasteiger partial charge in [-0.1, -0.05) is 30.3 Å². The van der Waals surface area contributed by atoms with Gasteiger partial charge in [-0.05, 0) is 38.8 Å². The van der Waals surface area contributed by atoms with Crippen molar-refractivity contribution < 1.29 is 9.59 Å². The standard InChI is InChI=1S/C19H22N4O2S/c1-19(17(24)21-18(25)22-19)14-7-9-23(10-8-14)12-15-11-20-16(26-15)13-5-3-2-4-6-13/h2-6,11,14H,7-10,12H2,1H3,(H2,21,22,24,25). The Balaban J connectivity index is 1.35. The van der Waals surface area contributed by atoms with Gasteiger partial charge >= 0.3 is 6.03 Å². The third kappa shape index (κ3) is 3.24. The molecule has 1 aromatic carbocycles. The first kappa shape index (κ1) is 17.2. The first-order valence-electron chi connectivity index (χ1n) is 8.91. The van der Waals surface area contributed by atoms with E-state index in [4.69, 9.17) is 0 Å². The summed E-state index contributed by atoms with van der Waals surface area (Å²) in [5, 5.41) is 6.22. The van der Waals surface area contributed by atoms with E-state index < -0.39 is 5.54 Å². The number of nitrogens with one attached hydrogen (secondary N) is 2. The lowest BCUT2D eigenvalue weighted by atomic mass is 9.79. The van der Waals surface area contributed by atoms with E-state index in [-0.39, 0.29) is 17.9 Å². The first-order valence-corrected chi connectivity index (χ1v) is 9.72. The molecule has 0 radical (unpaired) electrons. The molecule has 3 heterocycles. The number of hydrogen-bond donors (Lipinski definition) is 2. The Labute approximate surface area is 156 Å². The number of carbonyl (C=O) groups is 2. The Morgan fingerprint density at radius 2 is 1.96 bits per heavy atom. The minimum atomic E-state index is -0.770. The smallest absolute Gasteiger partial charge is 0.322 e. The molecular weight excluding hydrogens is 348 g/mol. The Bertz CT molecular complexity index is 814. The summed E-state index contributed by atoms with van der Waals surface area (Å²) in [4.78, 5) is 31.8. The number of nitrogens with zero attached hydrogens (tertiary/aromatic N) is 2. The second-order valence-corrected chi connectivity index (χ2v) is 8.27. The summed E-state index contributed by atoms with van der Waals surface area (Å²) in [6.07, 6.45) is 3.76. The molecule has 2 aromatic rings. The molecule has 1 unspecified atom stereocenters. The van der Waals surface area contributed by atoms with Crippen molar-refractivity contribution in [1.82, 2.24) is 20.5 Å². The van der Waals surface area contributed by atoms with Crippen molar-refractivity contribution >= 4 is 23.3 Å². The Hall–Kier alpha value is -2.25. The number of amides is 3. The number of benzene rings is 1. The molecule has 136 valence electrons. The van der Waals surface area contributed by atoms with Crippen LogP contribution < -0.4 is 10.6 Å². The van der Waals surface area contributed by atoms with E-state index in [0.717, 1.165) is 43.0 Å². The molecular formula is C19H22N4O2S. The van der Waals surface area contributed by atoms with Crippen LogP contribution in [0.25, 0.3) is 10.6 Å². The number of thiazole rings is 1. The third-order valence-electron chi connectivity index (χ3n) is 5.43. The summed E-state index contributed by atoms with van der Waals surface area (Å²) in [6.45, 7) is 4.55. The van der Waals surface area contributed by atoms with E-state index in [1.165, 1.54) is 4.88 Å². The summed E-state index contributed by atoms with van der Waals surface area (Å²) in [5.41, 5.74) is 0.382. The van der Waals surface area contributed by atoms with Crippen molar-refractivity contribution in [3.05, 3.63) is 41.4 Å². The largest absolute Gasteiger partial charge is 0.323 e. The van der Waals surface area contributed by atoms with E-state index in [9.17, 15) is 9.59 Å². The molecule has 4 rings (SSSR count). The lowest BCUT2D eigenvalue weighted by Gasteiger charge is -2.38. The number of urea groups is 1. The number of rotatable bonds is 4. The van der Waals surface area contributed by atoms with Crippen LogP contribution in [0.15, 0.2) is 36.5 Å². The number of likely N-dealkylation sites (tertiary alicyclic amines) is 1. The van der Waals surface area contributed by atoms with Gasteiger partial charge in [-0.3, -0.25) is 15.0 Å². The number of aromatic nitrogens is 1. The van der Waals surface area contributed by atoms with E-state index in [1.54, 1.807) is 11.3 Å². The fourth-order valence-electron chi connectivity index (χ4n) is 3.83. The monoisotopic (exact) mass is 370 g/mol. The number of imide groups is 1. The maximum atomic E-state index is 12.1. The first-order chi connectivity index (χ1) is 12.5. The molecule has 2 fully saturated rings. The zero-order chi connectivity index (χ0) is 18.1. The predicted molar refractivity (Wildman–Crippen MR) is 101 cm³/mol. The topological polar surface area (TPSA) is 74.3 Å². The van der Waals surface area contributed by atoms with Crippen molar-refractivity contribution in [2.45, 2.75) is 31.8 Å². The van der Waals surface area contributed by atoms with Gasteiger partial charge < -0.3 is 5.32 Å². The fourth-order valence-corrected chi connectivity index (χ4v) is 4.79. The highest BCUT2D eigenvalue weighted by Gasteiger charge is 2.48. The molecule has 1 atom stereocenters. The van der Waals surface area contributed by atoms with Gasteiger partial charge in [0, 0.05) is 23.2 Å². The molecule has 2 aliphatic heterocycles. The molecule has 0 spiro atoms. The van der Waals surface area contributed by atoms with Gasteiger partial charge in [-0.2, -0.15) is 0 Å². The highest BCUT2D eigenvalue weighted by atomic mass is 32.1. The van der Waals surface area contributed by atoms with Crippen LogP contribution in [0, 0.1) is 5.92 Å². The van der Waals surface area contributed by atoms with Crippen LogP contribution in [0.1, 0.15) is 24.6 Å². The Kier molecular flexibility index (Phi) is 4.50. The van der Waals surface area contributed by atoms with Gasteiger partial charge in [0.1, 0.15) is 10.5 Å². The normalized spacial score (nSPS) is 24.5. The second kappa shape index (κ2) is 6.81. The van der Waals surface area contributed by atoms with E-state index in [2.05, 4.69) is 32.7 Å². The van der Waals surface area contributed by atoms with Crippen LogP contribution in [0.5, 0.6) is 0 Å². The van der Waals surface area contributed by atoms with Crippen LogP contribution in [-0.2, 0) is 11.3 Å². The van der Waals surface area contributed by atoms with Crippen LogP contribution in [-0.4, -0.2) is 40.5 Å². The van der Waals surface area contributed by atoms with Crippen LogP contribution >= 0.6 is 11.3 Å². The Morgan fingerprint density at radius 3 is 2.62 bits per heavy atom. The van der Waals surface area contributed by atoms with E-state index in [0.29, 0.717) is 0 Å². The lowest BCUT2D eigenvalue weighted by Crippen LogP contribution is -2.53. The van der Waals surface area contributed by atoms with Crippen molar-refractivity contribution in [2.24, 2.45) is 5.92 Å². The summed E-state index contributed by atoms with van der Waals surface area (Å²) >= 11 is 1.73. The van der Waals surface area contributed by atoms with Gasteiger partial charge in [0.05, 0.1) is 0 Å². The van der Waals surface area contributed by atoms with Crippen LogP contribution in [0.4, 0.5) is 4.79 Å². The zero-order valence-electron chi connectivity index (χ0n) is 14.7. The van der Waals surface area contributed by atoms with Crippen LogP contribution in [0.3, 0.4) is 0 Å². The zero-order valence-corrected chi connectivity index (χ0v) is 15.5. The summed E-state index contributed by atoms with van der Waals surface area (Å²) < 4.78 is 0. The second-order valence-electron chi connectivity index (χ2n) is 7.16. The number of piperidine rings is 1. The average Bonchev–Trinajstić information content (AvgIpc) is 3.21. The van der Waals surface area contributed by atoms with E-state index in [1.807, 2.05) is 31.3 Å². The third-order valence-corrected chi connectivity index (χ3v) is 6.46. The van der Waals surface area contributed by atoms with E-state index >= 15 is 0 Å². The molecule has 0 aliphatic carbocycles. The molecule has 7 heteroatoms. The predicted octanol–water partition coefficient (Wildman–Crippen LogP) is 2.62.